The molecule has 0 aliphatic carbocycles. The first-order chi connectivity index (χ1) is 9.15. The number of nitriles is 1. The van der Waals surface area contributed by atoms with E-state index < -0.39 is 0 Å². The third-order valence-electron chi connectivity index (χ3n) is 2.89. The maximum Gasteiger partial charge on any atom is 0.0992 e. The average Bonchev–Trinajstić information content (AvgIpc) is 2.46. The van der Waals surface area contributed by atoms with Crippen molar-refractivity contribution in [3.63, 3.8) is 0 Å². The lowest BCUT2D eigenvalue weighted by molar-refractivity contribution is 1.20. The van der Waals surface area contributed by atoms with Crippen LogP contribution in [-0.2, 0) is 5.33 Å². The highest BCUT2D eigenvalue weighted by molar-refractivity contribution is 9.08. The fraction of sp³-hybridized carbons (Fsp3) is 0.133. The van der Waals surface area contributed by atoms with Gasteiger partial charge in [0.15, 0.2) is 0 Å². The van der Waals surface area contributed by atoms with Gasteiger partial charge in [-0.05, 0) is 35.9 Å². The summed E-state index contributed by atoms with van der Waals surface area (Å²) in [5, 5.41) is 10.4. The highest BCUT2D eigenvalue weighted by Gasteiger charge is 2.09. The molecule has 0 heterocycles. The lowest BCUT2D eigenvalue weighted by Crippen LogP contribution is -2.10. The summed E-state index contributed by atoms with van der Waals surface area (Å²) in [6.07, 6.45) is 0. The zero-order valence-electron chi connectivity index (χ0n) is 10.4. The molecule has 0 radical (unpaired) electrons. The predicted molar refractivity (Wildman–Crippen MR) is 83.3 cm³/mol. The number of alkyl halides is 1. The molecule has 0 N–H and O–H groups in total. The van der Waals surface area contributed by atoms with Crippen LogP contribution in [0.25, 0.3) is 0 Å². The summed E-state index contributed by atoms with van der Waals surface area (Å²) in [7, 11) is 1.94. The van der Waals surface area contributed by atoms with Crippen molar-refractivity contribution in [2.24, 2.45) is 0 Å². The van der Waals surface area contributed by atoms with Crippen molar-refractivity contribution in [1.29, 1.82) is 5.26 Å². The Bertz CT molecular complexity index is 634. The lowest BCUT2D eigenvalue weighted by Gasteiger charge is -2.21. The fourth-order valence-corrected chi connectivity index (χ4v) is 2.51. The number of nitrogens with zero attached hydrogens (tertiary/aromatic N) is 2. The molecule has 4 heteroatoms. The summed E-state index contributed by atoms with van der Waals surface area (Å²) in [6.45, 7) is 0. The molecule has 0 atom stereocenters. The van der Waals surface area contributed by atoms with E-state index in [1.165, 1.54) is 0 Å². The maximum atomic E-state index is 8.94. The highest BCUT2D eigenvalue weighted by Crippen LogP contribution is 2.32. The molecule has 0 unspecified atom stereocenters. The Hall–Kier alpha value is -1.50. The number of benzene rings is 2. The van der Waals surface area contributed by atoms with E-state index in [2.05, 4.69) is 22.0 Å². The van der Waals surface area contributed by atoms with E-state index in [4.69, 9.17) is 16.9 Å². The number of hydrogen-bond donors (Lipinski definition) is 0. The normalized spacial score (nSPS) is 10.0. The molecule has 0 saturated heterocycles. The first-order valence-electron chi connectivity index (χ1n) is 5.74. The molecule has 0 aliphatic rings. The molecule has 2 nitrogen and oxygen atoms in total. The van der Waals surface area contributed by atoms with Gasteiger partial charge in [-0.2, -0.15) is 5.26 Å². The van der Waals surface area contributed by atoms with Crippen LogP contribution in [0.2, 0.25) is 5.02 Å². The average molecular weight is 336 g/mol. The monoisotopic (exact) mass is 334 g/mol. The second kappa shape index (κ2) is 6.10. The van der Waals surface area contributed by atoms with Crippen molar-refractivity contribution >= 4 is 38.9 Å². The summed E-state index contributed by atoms with van der Waals surface area (Å²) >= 11 is 9.71. The summed E-state index contributed by atoms with van der Waals surface area (Å²) in [5.41, 5.74) is 3.62. The quantitative estimate of drug-likeness (QED) is 0.748. The van der Waals surface area contributed by atoms with Gasteiger partial charge >= 0.3 is 0 Å². The first kappa shape index (κ1) is 13.9. The minimum Gasteiger partial charge on any atom is -0.343 e. The lowest BCUT2D eigenvalue weighted by atomic mass is 10.1. The van der Waals surface area contributed by atoms with Gasteiger partial charge in [0, 0.05) is 18.1 Å². The minimum absolute atomic E-state index is 0.637. The summed E-state index contributed by atoms with van der Waals surface area (Å²) < 4.78 is 0. The molecule has 0 spiro atoms. The SMILES string of the molecule is CN(c1cccc(C#N)c1)c1ccc(CBr)cc1Cl. The van der Waals surface area contributed by atoms with Gasteiger partial charge in [0.1, 0.15) is 0 Å². The summed E-state index contributed by atoms with van der Waals surface area (Å²) in [5.74, 6) is 0. The zero-order chi connectivity index (χ0) is 13.8. The zero-order valence-corrected chi connectivity index (χ0v) is 12.7. The van der Waals surface area contributed by atoms with Crippen molar-refractivity contribution in [1.82, 2.24) is 0 Å². The Morgan fingerprint density at radius 3 is 2.68 bits per heavy atom. The van der Waals surface area contributed by atoms with Gasteiger partial charge in [-0.3, -0.25) is 0 Å². The van der Waals surface area contributed by atoms with E-state index >= 15 is 0 Å². The fourth-order valence-electron chi connectivity index (χ4n) is 1.83. The Balaban J connectivity index is 2.38. The van der Waals surface area contributed by atoms with E-state index in [1.807, 2.05) is 48.3 Å². The van der Waals surface area contributed by atoms with Crippen molar-refractivity contribution < 1.29 is 0 Å². The van der Waals surface area contributed by atoms with Crippen molar-refractivity contribution in [2.75, 3.05) is 11.9 Å². The molecule has 0 bridgehead atoms. The van der Waals surface area contributed by atoms with Crippen molar-refractivity contribution in [3.05, 3.63) is 58.6 Å². The van der Waals surface area contributed by atoms with Crippen molar-refractivity contribution in [2.45, 2.75) is 5.33 Å². The molecular weight excluding hydrogens is 324 g/mol. The van der Waals surface area contributed by atoms with Gasteiger partial charge in [-0.1, -0.05) is 39.7 Å². The Morgan fingerprint density at radius 1 is 1.26 bits per heavy atom. The number of anilines is 2. The second-order valence-electron chi connectivity index (χ2n) is 4.14. The molecule has 2 aromatic carbocycles. The smallest absolute Gasteiger partial charge is 0.0992 e. The van der Waals surface area contributed by atoms with Crippen molar-refractivity contribution in [3.8, 4) is 6.07 Å². The van der Waals surface area contributed by atoms with Gasteiger partial charge in [0.2, 0.25) is 0 Å². The number of hydrogen-bond acceptors (Lipinski definition) is 2. The number of rotatable bonds is 3. The van der Waals surface area contributed by atoms with Crippen LogP contribution in [0.4, 0.5) is 11.4 Å². The van der Waals surface area contributed by atoms with E-state index in [0.29, 0.717) is 10.6 Å². The van der Waals surface area contributed by atoms with Gasteiger partial charge in [-0.15, -0.1) is 0 Å². The molecule has 0 saturated carbocycles. The Labute approximate surface area is 126 Å². The van der Waals surface area contributed by atoms with Crippen LogP contribution in [0.3, 0.4) is 0 Å². The molecule has 19 heavy (non-hydrogen) atoms. The molecule has 96 valence electrons. The maximum absolute atomic E-state index is 8.94. The van der Waals surface area contributed by atoms with Gasteiger partial charge in [0.05, 0.1) is 22.3 Å². The van der Waals surface area contributed by atoms with E-state index in [-0.39, 0.29) is 0 Å². The molecule has 0 fully saturated rings. The van der Waals surface area contributed by atoms with Crippen LogP contribution >= 0.6 is 27.5 Å². The van der Waals surface area contributed by atoms with E-state index in [0.717, 1.165) is 22.3 Å². The van der Waals surface area contributed by atoms with Crippen LogP contribution in [0.1, 0.15) is 11.1 Å². The van der Waals surface area contributed by atoms with E-state index in [9.17, 15) is 0 Å². The molecule has 0 aliphatic heterocycles. The van der Waals surface area contributed by atoms with Crippen LogP contribution in [0, 0.1) is 11.3 Å². The molecule has 0 amide bonds. The third kappa shape index (κ3) is 3.09. The highest BCUT2D eigenvalue weighted by atomic mass is 79.9. The topological polar surface area (TPSA) is 27.0 Å². The summed E-state index contributed by atoms with van der Waals surface area (Å²) in [4.78, 5) is 1.97. The molecule has 2 rings (SSSR count). The Kier molecular flexibility index (Phi) is 4.47. The minimum atomic E-state index is 0.637. The molecular formula is C15H12BrClN2. The molecule has 2 aromatic rings. The standard InChI is InChI=1S/C15H12BrClN2/c1-19(13-4-2-3-12(7-13)10-18)15-6-5-11(9-16)8-14(15)17/h2-8H,9H2,1H3. The first-order valence-corrected chi connectivity index (χ1v) is 7.24. The van der Waals surface area contributed by atoms with Crippen LogP contribution in [0.5, 0.6) is 0 Å². The second-order valence-corrected chi connectivity index (χ2v) is 5.11. The third-order valence-corrected chi connectivity index (χ3v) is 3.84. The predicted octanol–water partition coefficient (Wildman–Crippen LogP) is 4.87. The Morgan fingerprint density at radius 2 is 2.05 bits per heavy atom. The van der Waals surface area contributed by atoms with Gasteiger partial charge < -0.3 is 4.90 Å². The molecule has 0 aromatic heterocycles. The van der Waals surface area contributed by atoms with Crippen LogP contribution in [0.15, 0.2) is 42.5 Å². The largest absolute Gasteiger partial charge is 0.343 e. The number of halogens is 2. The summed E-state index contributed by atoms with van der Waals surface area (Å²) in [6, 6.07) is 15.5. The van der Waals surface area contributed by atoms with Crippen LogP contribution in [-0.4, -0.2) is 7.05 Å². The van der Waals surface area contributed by atoms with Gasteiger partial charge in [-0.25, -0.2) is 0 Å². The van der Waals surface area contributed by atoms with Gasteiger partial charge in [0.25, 0.3) is 0 Å². The van der Waals surface area contributed by atoms with E-state index in [1.54, 1.807) is 6.07 Å². The van der Waals surface area contributed by atoms with Crippen LogP contribution < -0.4 is 4.90 Å².